The molecular weight excluding hydrogens is 242 g/mol. The second-order valence-corrected chi connectivity index (χ2v) is 5.84. The van der Waals surface area contributed by atoms with Gasteiger partial charge in [-0.05, 0) is 54.6 Å². The summed E-state index contributed by atoms with van der Waals surface area (Å²) < 4.78 is 5.95. The van der Waals surface area contributed by atoms with Crippen LogP contribution in [0.2, 0.25) is 0 Å². The van der Waals surface area contributed by atoms with Crippen LogP contribution in [-0.4, -0.2) is 25.3 Å². The number of hydrogen-bond acceptors (Lipinski definition) is 3. The first kappa shape index (κ1) is 15.7. The van der Waals surface area contributed by atoms with E-state index in [4.69, 9.17) is 4.74 Å². The van der Waals surface area contributed by atoms with Crippen LogP contribution in [0.3, 0.4) is 0 Å². The van der Waals surface area contributed by atoms with E-state index in [2.05, 4.69) is 49.8 Å². The molecule has 0 fully saturated rings. The van der Waals surface area contributed by atoms with Crippen LogP contribution in [0.15, 0.2) is 16.8 Å². The quantitative estimate of drug-likeness (QED) is 0.738. The van der Waals surface area contributed by atoms with Gasteiger partial charge in [-0.15, -0.1) is 0 Å². The van der Waals surface area contributed by atoms with Gasteiger partial charge < -0.3 is 10.1 Å². The minimum absolute atomic E-state index is 0.293. The molecule has 3 heteroatoms. The normalized spacial score (nSPS) is 14.9. The summed E-state index contributed by atoms with van der Waals surface area (Å²) in [6, 6.07) is 2.63. The van der Waals surface area contributed by atoms with E-state index in [1.807, 2.05) is 0 Å². The van der Waals surface area contributed by atoms with Gasteiger partial charge in [-0.3, -0.25) is 0 Å². The lowest BCUT2D eigenvalue weighted by Gasteiger charge is -2.31. The van der Waals surface area contributed by atoms with Gasteiger partial charge >= 0.3 is 0 Å². The summed E-state index contributed by atoms with van der Waals surface area (Å²) in [6.07, 6.45) is 2.52. The Morgan fingerprint density at radius 1 is 1.33 bits per heavy atom. The van der Waals surface area contributed by atoms with Crippen molar-refractivity contribution in [2.75, 3.05) is 13.2 Å². The Hall–Kier alpha value is -0.380. The predicted molar refractivity (Wildman–Crippen MR) is 80.4 cm³/mol. The van der Waals surface area contributed by atoms with E-state index < -0.39 is 0 Å². The molecule has 104 valence electrons. The SMILES string of the molecule is CCCNC(Cc1ccsc1)C(OCC)C(C)C. The number of hydrogen-bond donors (Lipinski definition) is 1. The molecule has 1 aromatic heterocycles. The number of ether oxygens (including phenoxy) is 1. The molecule has 2 atom stereocenters. The first-order chi connectivity index (χ1) is 8.69. The molecule has 0 saturated heterocycles. The summed E-state index contributed by atoms with van der Waals surface area (Å²) in [6.45, 7) is 10.6. The van der Waals surface area contributed by atoms with Crippen molar-refractivity contribution in [2.45, 2.75) is 52.7 Å². The average molecular weight is 269 g/mol. The highest BCUT2D eigenvalue weighted by Crippen LogP contribution is 2.17. The molecule has 0 aliphatic carbocycles. The zero-order valence-corrected chi connectivity index (χ0v) is 12.9. The third-order valence-electron chi connectivity index (χ3n) is 3.10. The lowest BCUT2D eigenvalue weighted by atomic mass is 9.94. The molecule has 1 aromatic rings. The summed E-state index contributed by atoms with van der Waals surface area (Å²) in [5.74, 6) is 0.540. The van der Waals surface area contributed by atoms with Crippen molar-refractivity contribution in [1.29, 1.82) is 0 Å². The molecule has 0 saturated carbocycles. The lowest BCUT2D eigenvalue weighted by Crippen LogP contribution is -2.46. The van der Waals surface area contributed by atoms with Crippen molar-refractivity contribution >= 4 is 11.3 Å². The number of nitrogens with one attached hydrogen (secondary N) is 1. The van der Waals surface area contributed by atoms with Crippen LogP contribution in [0.5, 0.6) is 0 Å². The van der Waals surface area contributed by atoms with E-state index in [0.29, 0.717) is 18.1 Å². The first-order valence-electron chi connectivity index (χ1n) is 7.05. The Kier molecular flexibility index (Phi) is 7.56. The molecule has 0 bridgehead atoms. The number of rotatable bonds is 9. The van der Waals surface area contributed by atoms with Gasteiger partial charge in [-0.1, -0.05) is 20.8 Å². The van der Waals surface area contributed by atoms with Gasteiger partial charge in [0, 0.05) is 12.6 Å². The Morgan fingerprint density at radius 2 is 2.11 bits per heavy atom. The van der Waals surface area contributed by atoms with E-state index in [0.717, 1.165) is 26.0 Å². The fraction of sp³-hybridized carbons (Fsp3) is 0.733. The molecule has 0 radical (unpaired) electrons. The third kappa shape index (κ3) is 5.09. The zero-order chi connectivity index (χ0) is 13.4. The minimum Gasteiger partial charge on any atom is -0.377 e. The second kappa shape index (κ2) is 8.68. The molecule has 18 heavy (non-hydrogen) atoms. The van der Waals surface area contributed by atoms with Crippen molar-refractivity contribution in [3.8, 4) is 0 Å². The lowest BCUT2D eigenvalue weighted by molar-refractivity contribution is 0.00364. The van der Waals surface area contributed by atoms with E-state index >= 15 is 0 Å². The first-order valence-corrected chi connectivity index (χ1v) is 7.99. The van der Waals surface area contributed by atoms with Crippen LogP contribution < -0.4 is 5.32 Å². The van der Waals surface area contributed by atoms with Gasteiger partial charge in [-0.25, -0.2) is 0 Å². The molecule has 2 unspecified atom stereocenters. The Labute approximate surface area is 116 Å². The standard InChI is InChI=1S/C15H27NOS/c1-5-8-16-14(10-13-7-9-18-11-13)15(12(3)4)17-6-2/h7,9,11-12,14-16H,5-6,8,10H2,1-4H3. The van der Waals surface area contributed by atoms with Crippen molar-refractivity contribution in [3.63, 3.8) is 0 Å². The van der Waals surface area contributed by atoms with Crippen LogP contribution in [-0.2, 0) is 11.2 Å². The summed E-state index contributed by atoms with van der Waals surface area (Å²) in [5.41, 5.74) is 1.42. The third-order valence-corrected chi connectivity index (χ3v) is 3.84. The fourth-order valence-corrected chi connectivity index (χ4v) is 2.94. The molecule has 0 amide bonds. The van der Waals surface area contributed by atoms with Crippen molar-refractivity contribution in [1.82, 2.24) is 5.32 Å². The molecule has 2 nitrogen and oxygen atoms in total. The van der Waals surface area contributed by atoms with Gasteiger partial charge in [-0.2, -0.15) is 11.3 Å². The maximum Gasteiger partial charge on any atom is 0.0753 e. The van der Waals surface area contributed by atoms with Gasteiger partial charge in [0.25, 0.3) is 0 Å². The van der Waals surface area contributed by atoms with E-state index in [-0.39, 0.29) is 0 Å². The van der Waals surface area contributed by atoms with Crippen LogP contribution in [0.4, 0.5) is 0 Å². The zero-order valence-electron chi connectivity index (χ0n) is 12.1. The molecular formula is C15H27NOS. The highest BCUT2D eigenvalue weighted by molar-refractivity contribution is 7.07. The molecule has 1 rings (SSSR count). The number of thiophene rings is 1. The van der Waals surface area contributed by atoms with Crippen molar-refractivity contribution in [3.05, 3.63) is 22.4 Å². The smallest absolute Gasteiger partial charge is 0.0753 e. The van der Waals surface area contributed by atoms with Crippen LogP contribution >= 0.6 is 11.3 Å². The van der Waals surface area contributed by atoms with Crippen molar-refractivity contribution in [2.24, 2.45) is 5.92 Å². The van der Waals surface area contributed by atoms with Crippen LogP contribution in [0.25, 0.3) is 0 Å². The van der Waals surface area contributed by atoms with Crippen molar-refractivity contribution < 1.29 is 4.74 Å². The molecule has 1 heterocycles. The van der Waals surface area contributed by atoms with E-state index in [1.165, 1.54) is 5.56 Å². The molecule has 0 aliphatic heterocycles. The molecule has 0 spiro atoms. The van der Waals surface area contributed by atoms with E-state index in [9.17, 15) is 0 Å². The van der Waals surface area contributed by atoms with Gasteiger partial charge in [0.05, 0.1) is 6.10 Å². The molecule has 0 aliphatic rings. The largest absolute Gasteiger partial charge is 0.377 e. The Bertz CT molecular complexity index is 297. The highest BCUT2D eigenvalue weighted by Gasteiger charge is 2.24. The predicted octanol–water partition coefficient (Wildman–Crippen LogP) is 3.72. The Balaban J connectivity index is 2.67. The van der Waals surface area contributed by atoms with Crippen LogP contribution in [0.1, 0.15) is 39.7 Å². The molecule has 1 N–H and O–H groups in total. The highest BCUT2D eigenvalue weighted by atomic mass is 32.1. The van der Waals surface area contributed by atoms with Gasteiger partial charge in [0.15, 0.2) is 0 Å². The summed E-state index contributed by atoms with van der Waals surface area (Å²) in [5, 5.41) is 8.04. The summed E-state index contributed by atoms with van der Waals surface area (Å²) in [4.78, 5) is 0. The van der Waals surface area contributed by atoms with Crippen LogP contribution in [0, 0.1) is 5.92 Å². The Morgan fingerprint density at radius 3 is 2.61 bits per heavy atom. The van der Waals surface area contributed by atoms with Gasteiger partial charge in [0.2, 0.25) is 0 Å². The second-order valence-electron chi connectivity index (χ2n) is 5.06. The van der Waals surface area contributed by atoms with E-state index in [1.54, 1.807) is 11.3 Å². The monoisotopic (exact) mass is 269 g/mol. The summed E-state index contributed by atoms with van der Waals surface area (Å²) in [7, 11) is 0. The fourth-order valence-electron chi connectivity index (χ4n) is 2.26. The topological polar surface area (TPSA) is 21.3 Å². The maximum atomic E-state index is 5.95. The van der Waals surface area contributed by atoms with Gasteiger partial charge in [0.1, 0.15) is 0 Å². The molecule has 0 aromatic carbocycles. The summed E-state index contributed by atoms with van der Waals surface area (Å²) >= 11 is 1.77. The average Bonchev–Trinajstić information content (AvgIpc) is 2.84. The maximum absolute atomic E-state index is 5.95. The minimum atomic E-state index is 0.293.